The number of aliphatic hydroxyl groups excluding tert-OH is 1. The second-order valence-corrected chi connectivity index (χ2v) is 8.71. The van der Waals surface area contributed by atoms with Crippen LogP contribution in [0.4, 0.5) is 0 Å². The predicted octanol–water partition coefficient (Wildman–Crippen LogP) is 2.85. The molecule has 1 atom stereocenters. The van der Waals surface area contributed by atoms with Crippen LogP contribution in [0.25, 0.3) is 0 Å². The number of rotatable bonds is 24. The maximum Gasteiger partial charge on any atom is 0.259 e. The lowest BCUT2D eigenvalue weighted by Crippen LogP contribution is -2.34. The number of nitrogens with zero attached hydrogens (tertiary/aromatic N) is 1. The standard InChI is InChI=1S/C21H46NO8P/c1-6-8-29-31(22(20(2)3)21(4)5)30-19-18-28-17-16-27-15-14-26-13-12-25-11-10-24-9-7-23/h20-21,23H,6-19H2,1-5H3. The van der Waals surface area contributed by atoms with Gasteiger partial charge in [-0.1, -0.05) is 6.92 Å². The van der Waals surface area contributed by atoms with E-state index in [4.69, 9.17) is 37.8 Å². The third-order valence-corrected chi connectivity index (χ3v) is 5.91. The van der Waals surface area contributed by atoms with E-state index in [1.807, 2.05) is 0 Å². The van der Waals surface area contributed by atoms with Crippen LogP contribution >= 0.6 is 8.53 Å². The Morgan fingerprint density at radius 1 is 0.581 bits per heavy atom. The molecule has 0 fully saturated rings. The Morgan fingerprint density at radius 3 is 1.29 bits per heavy atom. The molecular formula is C21H46NO8P. The summed E-state index contributed by atoms with van der Waals surface area (Å²) in [5.74, 6) is 0. The molecule has 1 N–H and O–H groups in total. The number of aliphatic hydroxyl groups is 1. The van der Waals surface area contributed by atoms with E-state index in [1.165, 1.54) is 0 Å². The molecule has 0 rings (SSSR count). The molecule has 0 bridgehead atoms. The van der Waals surface area contributed by atoms with Crippen LogP contribution in [0.1, 0.15) is 41.0 Å². The van der Waals surface area contributed by atoms with Crippen molar-refractivity contribution >= 4 is 8.53 Å². The first kappa shape index (κ1) is 31.1. The minimum atomic E-state index is -1.07. The fourth-order valence-electron chi connectivity index (χ4n) is 2.53. The molecule has 0 saturated carbocycles. The largest absolute Gasteiger partial charge is 0.394 e. The molecule has 0 aromatic heterocycles. The Balaban J connectivity index is 3.57. The van der Waals surface area contributed by atoms with Gasteiger partial charge in [0.05, 0.1) is 85.9 Å². The van der Waals surface area contributed by atoms with Crippen molar-refractivity contribution in [3.63, 3.8) is 0 Å². The minimum Gasteiger partial charge on any atom is -0.394 e. The third kappa shape index (κ3) is 19.3. The van der Waals surface area contributed by atoms with Gasteiger partial charge in [0.25, 0.3) is 8.53 Å². The molecule has 1 unspecified atom stereocenters. The molecular weight excluding hydrogens is 425 g/mol. The molecule has 0 spiro atoms. The normalized spacial score (nSPS) is 13.1. The highest BCUT2D eigenvalue weighted by Gasteiger charge is 2.26. The van der Waals surface area contributed by atoms with Crippen LogP contribution < -0.4 is 0 Å². The summed E-state index contributed by atoms with van der Waals surface area (Å²) in [7, 11) is -1.07. The zero-order valence-corrected chi connectivity index (χ0v) is 21.1. The summed E-state index contributed by atoms with van der Waals surface area (Å²) in [6.07, 6.45) is 0.969. The van der Waals surface area contributed by atoms with E-state index in [9.17, 15) is 0 Å². The van der Waals surface area contributed by atoms with E-state index in [2.05, 4.69) is 39.3 Å². The second-order valence-electron chi connectivity index (χ2n) is 7.26. The van der Waals surface area contributed by atoms with E-state index >= 15 is 0 Å². The van der Waals surface area contributed by atoms with E-state index in [0.717, 1.165) is 6.42 Å². The highest BCUT2D eigenvalue weighted by atomic mass is 31.2. The molecule has 31 heavy (non-hydrogen) atoms. The van der Waals surface area contributed by atoms with Crippen LogP contribution in [0, 0.1) is 0 Å². The van der Waals surface area contributed by atoms with Crippen molar-refractivity contribution in [1.82, 2.24) is 4.67 Å². The van der Waals surface area contributed by atoms with Crippen molar-refractivity contribution in [3.05, 3.63) is 0 Å². The van der Waals surface area contributed by atoms with Crippen LogP contribution in [0.2, 0.25) is 0 Å². The van der Waals surface area contributed by atoms with Gasteiger partial charge < -0.3 is 37.8 Å². The Bertz CT molecular complexity index is 358. The summed E-state index contributed by atoms with van der Waals surface area (Å²) >= 11 is 0. The monoisotopic (exact) mass is 471 g/mol. The van der Waals surface area contributed by atoms with Gasteiger partial charge in [-0.25, -0.2) is 4.67 Å². The fraction of sp³-hybridized carbons (Fsp3) is 1.00. The van der Waals surface area contributed by atoms with Crippen LogP contribution in [-0.4, -0.2) is 108 Å². The first-order valence-electron chi connectivity index (χ1n) is 11.4. The summed E-state index contributed by atoms with van der Waals surface area (Å²) in [4.78, 5) is 0. The summed E-state index contributed by atoms with van der Waals surface area (Å²) in [6.45, 7) is 16.9. The van der Waals surface area contributed by atoms with Crippen LogP contribution in [-0.2, 0) is 32.7 Å². The summed E-state index contributed by atoms with van der Waals surface area (Å²) in [6, 6.07) is 0.717. The van der Waals surface area contributed by atoms with Gasteiger partial charge in [-0.3, -0.25) is 0 Å². The topological polar surface area (TPSA) is 88.1 Å². The average molecular weight is 472 g/mol. The molecule has 0 aliphatic carbocycles. The Morgan fingerprint density at radius 2 is 0.935 bits per heavy atom. The van der Waals surface area contributed by atoms with Crippen molar-refractivity contribution in [2.24, 2.45) is 0 Å². The van der Waals surface area contributed by atoms with E-state index < -0.39 is 8.53 Å². The first-order valence-corrected chi connectivity index (χ1v) is 12.5. The van der Waals surface area contributed by atoms with Crippen molar-refractivity contribution in [2.45, 2.75) is 53.1 Å². The van der Waals surface area contributed by atoms with Crippen LogP contribution in [0.5, 0.6) is 0 Å². The first-order chi connectivity index (χ1) is 15.0. The molecule has 0 aromatic carbocycles. The summed E-state index contributed by atoms with van der Waals surface area (Å²) in [5.41, 5.74) is 0. The van der Waals surface area contributed by atoms with Crippen molar-refractivity contribution in [2.75, 3.05) is 85.9 Å². The third-order valence-electron chi connectivity index (χ3n) is 3.81. The molecule has 0 aliphatic heterocycles. The minimum absolute atomic E-state index is 0.0342. The molecule has 0 aliphatic rings. The number of hydrogen-bond acceptors (Lipinski definition) is 9. The highest BCUT2D eigenvalue weighted by Crippen LogP contribution is 2.45. The van der Waals surface area contributed by atoms with Gasteiger partial charge in [-0.05, 0) is 34.1 Å². The molecule has 0 radical (unpaired) electrons. The van der Waals surface area contributed by atoms with Gasteiger partial charge in [0.1, 0.15) is 0 Å². The second kappa shape index (κ2) is 23.2. The quantitative estimate of drug-likeness (QED) is 0.169. The lowest BCUT2D eigenvalue weighted by atomic mass is 10.3. The lowest BCUT2D eigenvalue weighted by molar-refractivity contribution is -0.0149. The summed E-state index contributed by atoms with van der Waals surface area (Å²) in [5, 5.41) is 8.56. The van der Waals surface area contributed by atoms with Gasteiger partial charge in [0.15, 0.2) is 0 Å². The molecule has 0 heterocycles. The van der Waals surface area contributed by atoms with Crippen LogP contribution in [0.15, 0.2) is 0 Å². The molecule has 188 valence electrons. The lowest BCUT2D eigenvalue weighted by Gasteiger charge is -2.35. The Hall–Kier alpha value is 0.0700. The van der Waals surface area contributed by atoms with Crippen LogP contribution in [0.3, 0.4) is 0 Å². The van der Waals surface area contributed by atoms with Gasteiger partial charge in [-0.15, -0.1) is 0 Å². The maximum atomic E-state index is 8.56. The van der Waals surface area contributed by atoms with Gasteiger partial charge in [0.2, 0.25) is 0 Å². The highest BCUT2D eigenvalue weighted by molar-refractivity contribution is 7.44. The molecule has 0 amide bonds. The number of hydrogen-bond donors (Lipinski definition) is 1. The SMILES string of the molecule is CCCOP(OCCOCCOCCOCCOCCOCCO)N(C(C)C)C(C)C. The average Bonchev–Trinajstić information content (AvgIpc) is 2.73. The fourth-order valence-corrected chi connectivity index (χ4v) is 4.20. The van der Waals surface area contributed by atoms with Gasteiger partial charge >= 0.3 is 0 Å². The molecule has 0 saturated heterocycles. The zero-order valence-electron chi connectivity index (χ0n) is 20.3. The van der Waals surface area contributed by atoms with Crippen molar-refractivity contribution in [3.8, 4) is 0 Å². The molecule has 9 nitrogen and oxygen atoms in total. The van der Waals surface area contributed by atoms with E-state index in [1.54, 1.807) is 0 Å². The maximum absolute atomic E-state index is 8.56. The van der Waals surface area contributed by atoms with Gasteiger partial charge in [-0.2, -0.15) is 0 Å². The smallest absolute Gasteiger partial charge is 0.259 e. The van der Waals surface area contributed by atoms with Gasteiger partial charge in [0, 0.05) is 12.1 Å². The summed E-state index contributed by atoms with van der Waals surface area (Å²) < 4.78 is 41.1. The Labute approximate surface area is 190 Å². The number of ether oxygens (including phenoxy) is 5. The van der Waals surface area contributed by atoms with E-state index in [-0.39, 0.29) is 6.61 Å². The molecule has 0 aromatic rings. The Kier molecular flexibility index (Phi) is 23.3. The van der Waals surface area contributed by atoms with Crippen molar-refractivity contribution in [1.29, 1.82) is 0 Å². The van der Waals surface area contributed by atoms with Crippen molar-refractivity contribution < 1.29 is 37.8 Å². The van der Waals surface area contributed by atoms with E-state index in [0.29, 0.717) is 91.4 Å². The predicted molar refractivity (Wildman–Crippen MR) is 122 cm³/mol. The zero-order chi connectivity index (χ0) is 23.2. The molecule has 10 heteroatoms.